The molecule has 1 aromatic rings. The van der Waals surface area contributed by atoms with Gasteiger partial charge in [-0.15, -0.1) is 0 Å². The van der Waals surface area contributed by atoms with Gasteiger partial charge in [0.05, 0.1) is 6.61 Å². The Balaban J connectivity index is 2.80. The third-order valence-corrected chi connectivity index (χ3v) is 5.23. The van der Waals surface area contributed by atoms with Crippen LogP contribution in [0, 0.1) is 0 Å². The van der Waals surface area contributed by atoms with E-state index in [0.717, 1.165) is 18.1 Å². The first-order chi connectivity index (χ1) is 8.72. The second-order valence-corrected chi connectivity index (χ2v) is 6.67. The number of carbonyl (C=O) groups excluding carboxylic acids is 1. The molecule has 0 aliphatic rings. The van der Waals surface area contributed by atoms with Crippen molar-refractivity contribution in [1.82, 2.24) is 0 Å². The summed E-state index contributed by atoms with van der Waals surface area (Å²) in [6.45, 7) is 6.40. The third kappa shape index (κ3) is 4.30. The van der Waals surface area contributed by atoms with Gasteiger partial charge in [0.2, 0.25) is 5.85 Å². The minimum atomic E-state index is -0.491. The molecule has 18 heavy (non-hydrogen) atoms. The summed E-state index contributed by atoms with van der Waals surface area (Å²) in [5.74, 6) is 0.0402. The largest absolute Gasteiger partial charge is 0.474 e. The van der Waals surface area contributed by atoms with E-state index in [-0.39, 0.29) is 5.97 Å². The lowest BCUT2D eigenvalue weighted by Crippen LogP contribution is -2.29. The van der Waals surface area contributed by atoms with E-state index >= 15 is 0 Å². The molecule has 0 aliphatic carbocycles. The summed E-state index contributed by atoms with van der Waals surface area (Å²) < 4.78 is 10.9. The maximum absolute atomic E-state index is 12.0. The molecule has 0 spiro atoms. The minimum absolute atomic E-state index is 0.240. The van der Waals surface area contributed by atoms with Crippen molar-refractivity contribution in [3.05, 3.63) is 30.3 Å². The average molecular weight is 268 g/mol. The summed E-state index contributed by atoms with van der Waals surface area (Å²) >= 11 is 0. The van der Waals surface area contributed by atoms with Crippen LogP contribution in [0.15, 0.2) is 30.3 Å². The maximum atomic E-state index is 12.0. The molecule has 0 N–H and O–H groups in total. The smallest absolute Gasteiger partial charge is 0.351 e. The number of hydrogen-bond donors (Lipinski definition) is 0. The molecule has 0 radical (unpaired) electrons. The number of hydrogen-bond acceptors (Lipinski definition) is 3. The molecule has 4 heteroatoms. The zero-order valence-electron chi connectivity index (χ0n) is 11.3. The molecule has 0 aromatic heterocycles. The predicted molar refractivity (Wildman–Crippen MR) is 75.5 cm³/mol. The van der Waals surface area contributed by atoms with E-state index in [0.29, 0.717) is 6.61 Å². The Bertz CT molecular complexity index is 349. The summed E-state index contributed by atoms with van der Waals surface area (Å²) in [6.07, 6.45) is 1.92. The molecule has 1 atom stereocenters. The van der Waals surface area contributed by atoms with Gasteiger partial charge in [-0.1, -0.05) is 40.0 Å². The van der Waals surface area contributed by atoms with Gasteiger partial charge < -0.3 is 9.47 Å². The van der Waals surface area contributed by atoms with Crippen molar-refractivity contribution in [2.24, 2.45) is 0 Å². The molecule has 0 heterocycles. The zero-order chi connectivity index (χ0) is 13.4. The molecular formula is C14H21O3P. The van der Waals surface area contributed by atoms with Crippen LogP contribution in [-0.2, 0) is 9.53 Å². The normalized spacial score (nSPS) is 12.2. The monoisotopic (exact) mass is 268 g/mol. The van der Waals surface area contributed by atoms with Crippen molar-refractivity contribution in [3.63, 3.8) is 0 Å². The Hall–Kier alpha value is -1.08. The molecule has 0 saturated carbocycles. The summed E-state index contributed by atoms with van der Waals surface area (Å²) in [5.41, 5.74) is 0. The highest BCUT2D eigenvalue weighted by Gasteiger charge is 2.28. The molecule has 0 amide bonds. The van der Waals surface area contributed by atoms with Gasteiger partial charge in [0.1, 0.15) is 5.75 Å². The Morgan fingerprint density at radius 1 is 1.17 bits per heavy atom. The highest BCUT2D eigenvalue weighted by Crippen LogP contribution is 2.41. The van der Waals surface area contributed by atoms with Crippen molar-refractivity contribution in [1.29, 1.82) is 0 Å². The number of rotatable bonds is 7. The molecule has 1 unspecified atom stereocenters. The van der Waals surface area contributed by atoms with E-state index in [1.807, 2.05) is 37.3 Å². The van der Waals surface area contributed by atoms with E-state index in [2.05, 4.69) is 13.8 Å². The highest BCUT2D eigenvalue weighted by atomic mass is 31.1. The number of ether oxygens (including phenoxy) is 2. The molecule has 100 valence electrons. The maximum Gasteiger partial charge on any atom is 0.351 e. The van der Waals surface area contributed by atoms with Gasteiger partial charge in [0, 0.05) is 0 Å². The fourth-order valence-electron chi connectivity index (χ4n) is 1.67. The second-order valence-electron chi connectivity index (χ2n) is 3.76. The van der Waals surface area contributed by atoms with E-state index in [1.165, 1.54) is 0 Å². The van der Waals surface area contributed by atoms with Crippen LogP contribution in [-0.4, -0.2) is 30.7 Å². The summed E-state index contributed by atoms with van der Waals surface area (Å²) in [4.78, 5) is 12.0. The summed E-state index contributed by atoms with van der Waals surface area (Å²) in [7, 11) is -0.491. The number of para-hydroxylation sites is 1. The van der Waals surface area contributed by atoms with Gasteiger partial charge in [-0.05, 0) is 31.4 Å². The van der Waals surface area contributed by atoms with Gasteiger partial charge >= 0.3 is 5.97 Å². The summed E-state index contributed by atoms with van der Waals surface area (Å²) in [5, 5.41) is 0. The molecule has 0 bridgehead atoms. The van der Waals surface area contributed by atoms with Crippen molar-refractivity contribution >= 4 is 13.9 Å². The SMILES string of the molecule is CCOC(=O)C(Oc1ccccc1)P(CC)CC. The van der Waals surface area contributed by atoms with E-state index in [1.54, 1.807) is 0 Å². The first kappa shape index (κ1) is 15.0. The average Bonchev–Trinajstić information content (AvgIpc) is 2.40. The van der Waals surface area contributed by atoms with E-state index in [9.17, 15) is 4.79 Å². The Morgan fingerprint density at radius 3 is 2.28 bits per heavy atom. The first-order valence-electron chi connectivity index (χ1n) is 6.35. The van der Waals surface area contributed by atoms with Crippen molar-refractivity contribution in [2.45, 2.75) is 26.6 Å². The number of esters is 1. The van der Waals surface area contributed by atoms with Crippen LogP contribution >= 0.6 is 7.92 Å². The van der Waals surface area contributed by atoms with Gasteiger partial charge in [-0.3, -0.25) is 0 Å². The molecule has 1 aromatic carbocycles. The Morgan fingerprint density at radius 2 is 1.78 bits per heavy atom. The van der Waals surface area contributed by atoms with Crippen molar-refractivity contribution < 1.29 is 14.3 Å². The second kappa shape index (κ2) is 8.10. The molecule has 0 fully saturated rings. The lowest BCUT2D eigenvalue weighted by atomic mass is 10.3. The van der Waals surface area contributed by atoms with Crippen LogP contribution in [0.2, 0.25) is 0 Å². The van der Waals surface area contributed by atoms with Gasteiger partial charge in [0.15, 0.2) is 0 Å². The Labute approximate surface area is 110 Å². The van der Waals surface area contributed by atoms with Crippen LogP contribution in [0.25, 0.3) is 0 Å². The standard InChI is InChI=1S/C14H21O3P/c1-4-16-13(15)14(18(5-2)6-3)17-12-10-8-7-9-11-12/h7-11,14H,4-6H2,1-3H3. The lowest BCUT2D eigenvalue weighted by Gasteiger charge is -2.24. The highest BCUT2D eigenvalue weighted by molar-refractivity contribution is 7.59. The quantitative estimate of drug-likeness (QED) is 0.561. The first-order valence-corrected chi connectivity index (χ1v) is 8.13. The lowest BCUT2D eigenvalue weighted by molar-refractivity contribution is -0.147. The Kier molecular flexibility index (Phi) is 6.74. The van der Waals surface area contributed by atoms with Crippen LogP contribution in [0.4, 0.5) is 0 Å². The predicted octanol–water partition coefficient (Wildman–Crippen LogP) is 3.48. The van der Waals surface area contributed by atoms with E-state index < -0.39 is 13.8 Å². The van der Waals surface area contributed by atoms with Crippen molar-refractivity contribution in [3.8, 4) is 5.75 Å². The number of carbonyl (C=O) groups is 1. The zero-order valence-corrected chi connectivity index (χ0v) is 12.2. The van der Waals surface area contributed by atoms with Crippen molar-refractivity contribution in [2.75, 3.05) is 18.9 Å². The van der Waals surface area contributed by atoms with E-state index in [4.69, 9.17) is 9.47 Å². The molecule has 0 saturated heterocycles. The van der Waals surface area contributed by atoms with Crippen LogP contribution < -0.4 is 4.74 Å². The molecule has 3 nitrogen and oxygen atoms in total. The van der Waals surface area contributed by atoms with Gasteiger partial charge in [-0.2, -0.15) is 0 Å². The van der Waals surface area contributed by atoms with Crippen LogP contribution in [0.1, 0.15) is 20.8 Å². The molecule has 1 rings (SSSR count). The summed E-state index contributed by atoms with van der Waals surface area (Å²) in [6, 6.07) is 9.46. The molecular weight excluding hydrogens is 247 g/mol. The third-order valence-electron chi connectivity index (χ3n) is 2.62. The van der Waals surface area contributed by atoms with Gasteiger partial charge in [0.25, 0.3) is 0 Å². The molecule has 0 aliphatic heterocycles. The fraction of sp³-hybridized carbons (Fsp3) is 0.500. The number of benzene rings is 1. The topological polar surface area (TPSA) is 35.5 Å². The van der Waals surface area contributed by atoms with Crippen LogP contribution in [0.5, 0.6) is 5.75 Å². The minimum Gasteiger partial charge on any atom is -0.474 e. The van der Waals surface area contributed by atoms with Gasteiger partial charge in [-0.25, -0.2) is 4.79 Å². The van der Waals surface area contributed by atoms with Crippen LogP contribution in [0.3, 0.4) is 0 Å². The fourth-order valence-corrected chi connectivity index (χ4v) is 3.42.